The van der Waals surface area contributed by atoms with Crippen LogP contribution in [0.2, 0.25) is 0 Å². The summed E-state index contributed by atoms with van der Waals surface area (Å²) in [6.45, 7) is 0.339. The molecule has 0 saturated heterocycles. The molecule has 0 atom stereocenters. The number of carboxylic acid groups (broad SMARTS) is 1. The van der Waals surface area contributed by atoms with Crippen molar-refractivity contribution in [1.29, 1.82) is 0 Å². The van der Waals surface area contributed by atoms with Crippen molar-refractivity contribution in [1.82, 2.24) is 10.3 Å². The van der Waals surface area contributed by atoms with E-state index >= 15 is 0 Å². The third kappa shape index (κ3) is 3.30. The predicted octanol–water partition coefficient (Wildman–Crippen LogP) is 2.25. The zero-order valence-electron chi connectivity index (χ0n) is 11.2. The minimum absolute atomic E-state index is 0.0793. The molecule has 0 aliphatic heterocycles. The second-order valence-corrected chi connectivity index (χ2v) is 6.98. The molecule has 2 aromatic rings. The number of aromatic nitrogens is 1. The van der Waals surface area contributed by atoms with Crippen LogP contribution in [-0.2, 0) is 30.6 Å². The fourth-order valence-electron chi connectivity index (χ4n) is 2.35. The number of fused-ring (bicyclic) bond motifs is 1. The van der Waals surface area contributed by atoms with Crippen LogP contribution in [0.15, 0.2) is 11.4 Å². The van der Waals surface area contributed by atoms with Gasteiger partial charge in [-0.2, -0.15) is 0 Å². The number of thiophene rings is 1. The number of aliphatic carboxylic acids is 1. The Hall–Kier alpha value is -1.73. The van der Waals surface area contributed by atoms with Gasteiger partial charge in [0, 0.05) is 10.3 Å². The Labute approximate surface area is 129 Å². The van der Waals surface area contributed by atoms with Gasteiger partial charge in [0.1, 0.15) is 5.01 Å². The van der Waals surface area contributed by atoms with E-state index in [-0.39, 0.29) is 12.3 Å². The van der Waals surface area contributed by atoms with Gasteiger partial charge < -0.3 is 10.4 Å². The van der Waals surface area contributed by atoms with Crippen molar-refractivity contribution in [2.75, 3.05) is 0 Å². The first-order chi connectivity index (χ1) is 10.1. The van der Waals surface area contributed by atoms with Gasteiger partial charge in [0.15, 0.2) is 0 Å². The van der Waals surface area contributed by atoms with Crippen molar-refractivity contribution in [2.45, 2.75) is 32.2 Å². The molecule has 0 aromatic carbocycles. The molecule has 5 nitrogen and oxygen atoms in total. The van der Waals surface area contributed by atoms with Gasteiger partial charge in [0.25, 0.3) is 5.91 Å². The summed E-state index contributed by atoms with van der Waals surface area (Å²) < 4.78 is 0. The second-order valence-electron chi connectivity index (χ2n) is 4.90. The van der Waals surface area contributed by atoms with Crippen molar-refractivity contribution in [3.8, 4) is 0 Å². The molecule has 2 aromatic heterocycles. The Bertz CT molecular complexity index is 669. The molecule has 0 saturated carbocycles. The van der Waals surface area contributed by atoms with Gasteiger partial charge >= 0.3 is 5.97 Å². The molecule has 1 aliphatic carbocycles. The topological polar surface area (TPSA) is 79.3 Å². The average molecular weight is 322 g/mol. The quantitative estimate of drug-likeness (QED) is 0.885. The molecule has 21 heavy (non-hydrogen) atoms. The summed E-state index contributed by atoms with van der Waals surface area (Å²) in [5, 5.41) is 14.0. The van der Waals surface area contributed by atoms with Crippen LogP contribution in [0, 0.1) is 0 Å². The lowest BCUT2D eigenvalue weighted by Gasteiger charge is -2.00. The van der Waals surface area contributed by atoms with Crippen molar-refractivity contribution < 1.29 is 14.7 Å². The van der Waals surface area contributed by atoms with E-state index in [2.05, 4.69) is 10.3 Å². The van der Waals surface area contributed by atoms with E-state index in [0.29, 0.717) is 12.2 Å². The second kappa shape index (κ2) is 5.95. The first-order valence-corrected chi connectivity index (χ1v) is 8.36. The smallest absolute Gasteiger partial charge is 0.309 e. The number of nitrogens with one attached hydrogen (secondary N) is 1. The number of carbonyl (C=O) groups is 2. The molecule has 2 N–H and O–H groups in total. The van der Waals surface area contributed by atoms with E-state index in [0.717, 1.165) is 22.7 Å². The zero-order chi connectivity index (χ0) is 14.8. The van der Waals surface area contributed by atoms with Gasteiger partial charge in [-0.05, 0) is 30.9 Å². The first kappa shape index (κ1) is 14.2. The summed E-state index contributed by atoms with van der Waals surface area (Å²) in [7, 11) is 0. The Kier molecular flexibility index (Phi) is 4.03. The summed E-state index contributed by atoms with van der Waals surface area (Å²) in [6.07, 6.45) is 3.26. The maximum atomic E-state index is 12.1. The number of thiazole rings is 1. The maximum absolute atomic E-state index is 12.1. The largest absolute Gasteiger partial charge is 0.481 e. The number of rotatable bonds is 5. The molecule has 110 valence electrons. The molecule has 0 unspecified atom stereocenters. The minimum atomic E-state index is -0.899. The number of aryl methyl sites for hydroxylation is 2. The van der Waals surface area contributed by atoms with Crippen LogP contribution in [0.3, 0.4) is 0 Å². The van der Waals surface area contributed by atoms with Crippen LogP contribution in [0.5, 0.6) is 0 Å². The summed E-state index contributed by atoms with van der Waals surface area (Å²) in [5.74, 6) is -0.978. The Morgan fingerprint density at radius 2 is 2.24 bits per heavy atom. The van der Waals surface area contributed by atoms with Gasteiger partial charge in [-0.25, -0.2) is 4.98 Å². The fourth-order valence-corrected chi connectivity index (χ4v) is 4.25. The molecule has 7 heteroatoms. The number of carbonyl (C=O) groups excluding carboxylic acids is 1. The summed E-state index contributed by atoms with van der Waals surface area (Å²) in [6, 6.07) is 1.99. The van der Waals surface area contributed by atoms with Gasteiger partial charge in [0.2, 0.25) is 0 Å². The van der Waals surface area contributed by atoms with Crippen LogP contribution in [0.25, 0.3) is 0 Å². The number of hydrogen-bond acceptors (Lipinski definition) is 5. The van der Waals surface area contributed by atoms with E-state index in [1.54, 1.807) is 16.7 Å². The zero-order valence-corrected chi connectivity index (χ0v) is 12.9. The van der Waals surface area contributed by atoms with Crippen molar-refractivity contribution in [3.63, 3.8) is 0 Å². The highest BCUT2D eigenvalue weighted by Gasteiger charge is 2.18. The molecule has 3 rings (SSSR count). The fraction of sp³-hybridized carbons (Fsp3) is 0.357. The van der Waals surface area contributed by atoms with Crippen molar-refractivity contribution in [2.24, 2.45) is 0 Å². The normalized spacial score (nSPS) is 13.1. The van der Waals surface area contributed by atoms with Crippen molar-refractivity contribution in [3.05, 3.63) is 37.5 Å². The standard InChI is InChI=1S/C14H14N2O3S2/c17-13(18)5-9-7-20-12(16-9)6-15-14(19)11-4-8-2-1-3-10(8)21-11/h4,7H,1-3,5-6H2,(H,15,19)(H,17,18). The third-order valence-corrected chi connectivity index (χ3v) is 5.44. The molecular weight excluding hydrogens is 308 g/mol. The number of amides is 1. The van der Waals surface area contributed by atoms with Crippen LogP contribution < -0.4 is 5.32 Å². The SMILES string of the molecule is O=C(O)Cc1csc(CNC(=O)c2cc3c(s2)CCC3)n1. The van der Waals surface area contributed by atoms with Gasteiger partial charge in [-0.3, -0.25) is 9.59 Å². The lowest BCUT2D eigenvalue weighted by atomic mass is 10.2. The molecule has 0 fully saturated rings. The Balaban J connectivity index is 1.57. The Morgan fingerprint density at radius 3 is 3.00 bits per heavy atom. The third-order valence-electron chi connectivity index (χ3n) is 3.30. The molecule has 0 radical (unpaired) electrons. The molecule has 1 aliphatic rings. The Morgan fingerprint density at radius 1 is 1.38 bits per heavy atom. The molecular formula is C14H14N2O3S2. The van der Waals surface area contributed by atoms with Crippen LogP contribution >= 0.6 is 22.7 Å². The maximum Gasteiger partial charge on any atom is 0.309 e. The number of hydrogen-bond donors (Lipinski definition) is 2. The van der Waals surface area contributed by atoms with E-state index < -0.39 is 5.97 Å². The summed E-state index contributed by atoms with van der Waals surface area (Å²) >= 11 is 2.94. The van der Waals surface area contributed by atoms with E-state index in [9.17, 15) is 9.59 Å². The molecule has 1 amide bonds. The lowest BCUT2D eigenvalue weighted by Crippen LogP contribution is -2.21. The minimum Gasteiger partial charge on any atom is -0.481 e. The first-order valence-electron chi connectivity index (χ1n) is 6.66. The van der Waals surface area contributed by atoms with Gasteiger partial charge in [-0.15, -0.1) is 22.7 Å². The van der Waals surface area contributed by atoms with Crippen LogP contribution in [0.4, 0.5) is 0 Å². The average Bonchev–Trinajstić information content (AvgIpc) is 3.09. The molecule has 0 bridgehead atoms. The number of nitrogens with zero attached hydrogens (tertiary/aromatic N) is 1. The van der Waals surface area contributed by atoms with Gasteiger partial charge in [-0.1, -0.05) is 0 Å². The number of carboxylic acids is 1. The van der Waals surface area contributed by atoms with E-state index in [4.69, 9.17) is 5.11 Å². The highest BCUT2D eigenvalue weighted by Crippen LogP contribution is 2.30. The van der Waals surface area contributed by atoms with Crippen molar-refractivity contribution >= 4 is 34.6 Å². The van der Waals surface area contributed by atoms with Gasteiger partial charge in [0.05, 0.1) is 23.5 Å². The molecule has 0 spiro atoms. The van der Waals surface area contributed by atoms with E-state index in [1.165, 1.54) is 28.2 Å². The van der Waals surface area contributed by atoms with E-state index in [1.807, 2.05) is 6.07 Å². The monoisotopic (exact) mass is 322 g/mol. The highest BCUT2D eigenvalue weighted by atomic mass is 32.1. The predicted molar refractivity (Wildman–Crippen MR) is 81.0 cm³/mol. The molecule has 2 heterocycles. The highest BCUT2D eigenvalue weighted by molar-refractivity contribution is 7.14. The van der Waals surface area contributed by atoms with Crippen LogP contribution in [-0.4, -0.2) is 22.0 Å². The lowest BCUT2D eigenvalue weighted by molar-refractivity contribution is -0.136. The summed E-state index contributed by atoms with van der Waals surface area (Å²) in [4.78, 5) is 29.0. The summed E-state index contributed by atoms with van der Waals surface area (Å²) in [5.41, 5.74) is 1.84. The van der Waals surface area contributed by atoms with Crippen LogP contribution in [0.1, 0.15) is 37.2 Å².